The molecule has 0 aliphatic carbocycles. The summed E-state index contributed by atoms with van der Waals surface area (Å²) in [5.74, 6) is -4.15. The van der Waals surface area contributed by atoms with Gasteiger partial charge in [-0.05, 0) is 35.9 Å². The molecule has 0 bridgehead atoms. The summed E-state index contributed by atoms with van der Waals surface area (Å²) in [6, 6.07) is 13.0. The lowest BCUT2D eigenvalue weighted by Gasteiger charge is -2.12. The third-order valence-electron chi connectivity index (χ3n) is 4.28. The third-order valence-corrected chi connectivity index (χ3v) is 6.90. The van der Waals surface area contributed by atoms with Gasteiger partial charge in [-0.3, -0.25) is 10.2 Å². The number of halogens is 2. The van der Waals surface area contributed by atoms with Gasteiger partial charge in [-0.1, -0.05) is 30.3 Å². The van der Waals surface area contributed by atoms with Gasteiger partial charge in [0.25, 0.3) is 15.9 Å². The minimum Gasteiger partial charge on any atom is -0.507 e. The van der Waals surface area contributed by atoms with Crippen LogP contribution in [0.2, 0.25) is 0 Å². The van der Waals surface area contributed by atoms with E-state index in [0.717, 1.165) is 18.2 Å². The monoisotopic (exact) mass is 497 g/mol. The second-order valence-corrected chi connectivity index (χ2v) is 10.1. The standard InChI is InChI=1S/C20H17F2N3O6S2/c21-14-8-15(22)10-17(9-14)33(30,31)25-24-20(27)18-11-16(6-7-19(18)26)32(28,29)23-12-13-4-2-1-3-5-13/h1-11,23,25-26H,12H2,(H,24,27). The summed E-state index contributed by atoms with van der Waals surface area (Å²) in [7, 11) is -8.66. The molecule has 0 radical (unpaired) electrons. The molecule has 0 spiro atoms. The Morgan fingerprint density at radius 2 is 1.45 bits per heavy atom. The zero-order chi connectivity index (χ0) is 24.2. The molecule has 3 aromatic rings. The number of hydrogen-bond acceptors (Lipinski definition) is 6. The van der Waals surface area contributed by atoms with E-state index in [1.54, 1.807) is 40.6 Å². The van der Waals surface area contributed by atoms with Crippen molar-refractivity contribution in [1.29, 1.82) is 0 Å². The number of phenolic OH excluding ortho intramolecular Hbond substituents is 1. The number of nitrogens with one attached hydrogen (secondary N) is 3. The van der Waals surface area contributed by atoms with E-state index >= 15 is 0 Å². The van der Waals surface area contributed by atoms with Gasteiger partial charge in [0.05, 0.1) is 15.4 Å². The van der Waals surface area contributed by atoms with Gasteiger partial charge >= 0.3 is 0 Å². The summed E-state index contributed by atoms with van der Waals surface area (Å²) in [5, 5.41) is 9.95. The van der Waals surface area contributed by atoms with Crippen molar-refractivity contribution in [3.8, 4) is 5.75 Å². The number of hydrazine groups is 1. The molecule has 3 rings (SSSR count). The first kappa shape index (κ1) is 24.3. The molecule has 3 aromatic carbocycles. The average molecular weight is 498 g/mol. The minimum absolute atomic E-state index is 0.0322. The van der Waals surface area contributed by atoms with Crippen molar-refractivity contribution in [3.63, 3.8) is 0 Å². The van der Waals surface area contributed by atoms with Crippen molar-refractivity contribution in [2.75, 3.05) is 0 Å². The summed E-state index contributed by atoms with van der Waals surface area (Å²) in [6.45, 7) is -0.0322. The molecule has 0 unspecified atom stereocenters. The van der Waals surface area contributed by atoms with E-state index in [1.165, 1.54) is 0 Å². The van der Waals surface area contributed by atoms with Crippen LogP contribution in [0.5, 0.6) is 5.75 Å². The van der Waals surface area contributed by atoms with Crippen molar-refractivity contribution in [2.45, 2.75) is 16.3 Å². The fourth-order valence-electron chi connectivity index (χ4n) is 2.65. The molecule has 0 aliphatic heterocycles. The van der Waals surface area contributed by atoms with Crippen molar-refractivity contribution in [1.82, 2.24) is 15.0 Å². The number of aromatic hydroxyl groups is 1. The Hall–Kier alpha value is -3.39. The van der Waals surface area contributed by atoms with Crippen LogP contribution in [-0.4, -0.2) is 27.8 Å². The summed E-state index contributed by atoms with van der Waals surface area (Å²) in [4.78, 5) is 12.8. The normalized spacial score (nSPS) is 11.8. The molecular weight excluding hydrogens is 480 g/mol. The minimum atomic E-state index is -4.57. The van der Waals surface area contributed by atoms with Gasteiger partial charge in [0.15, 0.2) is 0 Å². The molecule has 0 aliphatic rings. The first-order valence-corrected chi connectivity index (χ1v) is 12.1. The van der Waals surface area contributed by atoms with E-state index < -0.39 is 53.8 Å². The number of amides is 1. The quantitative estimate of drug-likeness (QED) is 0.350. The van der Waals surface area contributed by atoms with Crippen LogP contribution in [0.3, 0.4) is 0 Å². The number of phenols is 1. The second kappa shape index (κ2) is 9.62. The van der Waals surface area contributed by atoms with Crippen LogP contribution in [0.25, 0.3) is 0 Å². The maximum atomic E-state index is 13.3. The zero-order valence-corrected chi connectivity index (χ0v) is 18.3. The van der Waals surface area contributed by atoms with Gasteiger partial charge < -0.3 is 5.11 Å². The van der Waals surface area contributed by atoms with Crippen LogP contribution in [0.15, 0.2) is 76.5 Å². The fraction of sp³-hybridized carbons (Fsp3) is 0.0500. The second-order valence-electron chi connectivity index (χ2n) is 6.65. The first-order valence-electron chi connectivity index (χ1n) is 9.13. The van der Waals surface area contributed by atoms with Gasteiger partial charge in [0.2, 0.25) is 10.0 Å². The topological polar surface area (TPSA) is 142 Å². The maximum absolute atomic E-state index is 13.3. The predicted octanol–water partition coefficient (Wildman–Crippen LogP) is 1.77. The SMILES string of the molecule is O=C(NNS(=O)(=O)c1cc(F)cc(F)c1)c1cc(S(=O)(=O)NCc2ccccc2)ccc1O. The Morgan fingerprint density at radius 3 is 2.09 bits per heavy atom. The van der Waals surface area contributed by atoms with Gasteiger partial charge in [-0.25, -0.2) is 30.3 Å². The summed E-state index contributed by atoms with van der Waals surface area (Å²) in [5.41, 5.74) is 1.87. The van der Waals surface area contributed by atoms with E-state index in [9.17, 15) is 35.5 Å². The number of sulfonamides is 2. The van der Waals surface area contributed by atoms with Crippen LogP contribution < -0.4 is 15.0 Å². The van der Waals surface area contributed by atoms with Gasteiger partial charge in [0, 0.05) is 12.6 Å². The molecule has 0 aromatic heterocycles. The predicted molar refractivity (Wildman–Crippen MR) is 113 cm³/mol. The number of benzene rings is 3. The molecule has 13 heteroatoms. The third kappa shape index (κ3) is 6.10. The molecule has 0 saturated heterocycles. The molecule has 4 N–H and O–H groups in total. The lowest BCUT2D eigenvalue weighted by molar-refractivity contribution is 0.0942. The van der Waals surface area contributed by atoms with Crippen LogP contribution in [0.1, 0.15) is 15.9 Å². The van der Waals surface area contributed by atoms with Crippen molar-refractivity contribution in [2.24, 2.45) is 0 Å². The van der Waals surface area contributed by atoms with E-state index in [1.807, 2.05) is 0 Å². The highest BCUT2D eigenvalue weighted by atomic mass is 32.2. The molecule has 0 fully saturated rings. The first-order chi connectivity index (χ1) is 15.5. The smallest absolute Gasteiger partial charge is 0.270 e. The summed E-state index contributed by atoms with van der Waals surface area (Å²) >= 11 is 0. The molecule has 9 nitrogen and oxygen atoms in total. The van der Waals surface area contributed by atoms with Gasteiger partial charge in [0.1, 0.15) is 17.4 Å². The Labute approximate surface area is 188 Å². The molecule has 174 valence electrons. The van der Waals surface area contributed by atoms with Gasteiger partial charge in [-0.2, -0.15) is 0 Å². The van der Waals surface area contributed by atoms with E-state index in [4.69, 9.17) is 0 Å². The average Bonchev–Trinajstić information content (AvgIpc) is 2.76. The highest BCUT2D eigenvalue weighted by molar-refractivity contribution is 7.89. The number of carbonyl (C=O) groups is 1. The molecular formula is C20H17F2N3O6S2. The number of hydrogen-bond donors (Lipinski definition) is 4. The molecule has 1 amide bonds. The lowest BCUT2D eigenvalue weighted by atomic mass is 10.2. The Kier molecular flexibility index (Phi) is 7.07. The Bertz CT molecular complexity index is 1380. The summed E-state index contributed by atoms with van der Waals surface area (Å²) in [6.07, 6.45) is 0. The Morgan fingerprint density at radius 1 is 0.818 bits per heavy atom. The molecule has 0 heterocycles. The lowest BCUT2D eigenvalue weighted by Crippen LogP contribution is -2.41. The van der Waals surface area contributed by atoms with Crippen LogP contribution >= 0.6 is 0 Å². The zero-order valence-electron chi connectivity index (χ0n) is 16.6. The fourth-order valence-corrected chi connectivity index (χ4v) is 4.57. The van der Waals surface area contributed by atoms with Crippen molar-refractivity contribution in [3.05, 3.63) is 89.5 Å². The molecule has 0 saturated carbocycles. The number of rotatable bonds is 8. The van der Waals surface area contributed by atoms with Crippen molar-refractivity contribution >= 4 is 26.0 Å². The van der Waals surface area contributed by atoms with E-state index in [0.29, 0.717) is 23.8 Å². The van der Waals surface area contributed by atoms with Crippen LogP contribution in [0, 0.1) is 11.6 Å². The Balaban J connectivity index is 1.76. The maximum Gasteiger partial charge on any atom is 0.270 e. The number of carbonyl (C=O) groups excluding carboxylic acids is 1. The summed E-state index contributed by atoms with van der Waals surface area (Å²) < 4.78 is 78.4. The highest BCUT2D eigenvalue weighted by Gasteiger charge is 2.22. The largest absolute Gasteiger partial charge is 0.507 e. The van der Waals surface area contributed by atoms with Gasteiger partial charge in [-0.15, -0.1) is 4.83 Å². The van der Waals surface area contributed by atoms with Crippen molar-refractivity contribution < 1.29 is 35.5 Å². The van der Waals surface area contributed by atoms with Crippen LogP contribution in [-0.2, 0) is 26.6 Å². The molecule has 33 heavy (non-hydrogen) atoms. The highest BCUT2D eigenvalue weighted by Crippen LogP contribution is 2.22. The van der Waals surface area contributed by atoms with Crippen LogP contribution in [0.4, 0.5) is 8.78 Å². The van der Waals surface area contributed by atoms with E-state index in [-0.39, 0.29) is 11.4 Å². The van der Waals surface area contributed by atoms with E-state index in [2.05, 4.69) is 4.72 Å². The molecule has 0 atom stereocenters.